The van der Waals surface area contributed by atoms with Crippen LogP contribution in [0.4, 0.5) is 14.6 Å². The van der Waals surface area contributed by atoms with Gasteiger partial charge in [0.2, 0.25) is 0 Å². The second-order valence-corrected chi connectivity index (χ2v) is 13.1. The summed E-state index contributed by atoms with van der Waals surface area (Å²) in [6.07, 6.45) is 6.08. The van der Waals surface area contributed by atoms with Crippen LogP contribution in [0.25, 0.3) is 11.8 Å². The summed E-state index contributed by atoms with van der Waals surface area (Å²) in [4.78, 5) is 13.5. The number of Topliss-reactive ketones (excluding diaryl/α,β-unsaturated/α-hetero) is 1. The van der Waals surface area contributed by atoms with Crippen LogP contribution in [0.5, 0.6) is 11.5 Å². The van der Waals surface area contributed by atoms with E-state index in [1.165, 1.54) is 29.1 Å². The number of nitrogens with two attached hydrogens (primary N) is 1. The fourth-order valence-electron chi connectivity index (χ4n) is 5.47. The molecule has 3 aromatic carbocycles. The van der Waals surface area contributed by atoms with Crippen LogP contribution < -0.4 is 10.5 Å². The first-order valence-electron chi connectivity index (χ1n) is 13.7. The Hall–Kier alpha value is -4.31. The smallest absolute Gasteiger partial charge is 0.194 e. The van der Waals surface area contributed by atoms with E-state index in [4.69, 9.17) is 10.5 Å². The summed E-state index contributed by atoms with van der Waals surface area (Å²) in [6, 6.07) is 14.1. The molecule has 10 heteroatoms. The number of aromatic nitrogens is 2. The average molecular weight is 590 g/mol. The molecule has 0 amide bonds. The number of fused-ring (bicyclic) bond motifs is 1. The summed E-state index contributed by atoms with van der Waals surface area (Å²) in [5, 5.41) is 4.34. The van der Waals surface area contributed by atoms with Gasteiger partial charge in [0.15, 0.2) is 27.2 Å². The van der Waals surface area contributed by atoms with Crippen molar-refractivity contribution < 1.29 is 26.7 Å². The Balaban J connectivity index is 1.19. The molecule has 1 fully saturated rings. The average Bonchev–Trinajstić information content (AvgIpc) is 3.50. The predicted molar refractivity (Wildman–Crippen MR) is 156 cm³/mol. The Morgan fingerprint density at radius 3 is 2.60 bits per heavy atom. The molecule has 0 unspecified atom stereocenters. The van der Waals surface area contributed by atoms with Gasteiger partial charge >= 0.3 is 0 Å². The van der Waals surface area contributed by atoms with Gasteiger partial charge in [-0.25, -0.2) is 21.9 Å². The van der Waals surface area contributed by atoms with Gasteiger partial charge in [-0.1, -0.05) is 24.6 Å². The molecule has 42 heavy (non-hydrogen) atoms. The maximum absolute atomic E-state index is 14.9. The van der Waals surface area contributed by atoms with Crippen molar-refractivity contribution in [3.05, 3.63) is 106 Å². The quantitative estimate of drug-likeness (QED) is 0.228. The van der Waals surface area contributed by atoms with Gasteiger partial charge < -0.3 is 10.5 Å². The number of nitrogens with zero attached hydrogens (tertiary/aromatic N) is 2. The highest BCUT2D eigenvalue weighted by Crippen LogP contribution is 2.34. The van der Waals surface area contributed by atoms with Gasteiger partial charge in [0.25, 0.3) is 0 Å². The SMILES string of the molecule is Cc1cc(Oc2ccccc2F)ccc1-n1ncc(C(=O)C2=Cc3cc(F)c(CS(=O)(=O)CC4CCC4)cc3C2)c1N. The third-order valence-corrected chi connectivity index (χ3v) is 9.64. The molecule has 0 aliphatic heterocycles. The van der Waals surface area contributed by atoms with Crippen LogP contribution in [0, 0.1) is 24.5 Å². The third-order valence-electron chi connectivity index (χ3n) is 7.91. The second-order valence-electron chi connectivity index (χ2n) is 11.0. The van der Waals surface area contributed by atoms with Gasteiger partial charge in [-0.05, 0) is 84.8 Å². The molecular weight excluding hydrogens is 560 g/mol. The molecule has 1 aromatic heterocycles. The van der Waals surface area contributed by atoms with Crippen molar-refractivity contribution in [2.75, 3.05) is 11.5 Å². The lowest BCUT2D eigenvalue weighted by Gasteiger charge is -2.24. The maximum atomic E-state index is 14.9. The number of allylic oxidation sites excluding steroid dienone is 1. The lowest BCUT2D eigenvalue weighted by Crippen LogP contribution is -2.23. The number of rotatable bonds is 9. The Morgan fingerprint density at radius 1 is 1.10 bits per heavy atom. The summed E-state index contributed by atoms with van der Waals surface area (Å²) in [5.74, 6) is -0.855. The summed E-state index contributed by atoms with van der Waals surface area (Å²) < 4.78 is 61.2. The predicted octanol–water partition coefficient (Wildman–Crippen LogP) is 6.37. The lowest BCUT2D eigenvalue weighted by atomic mass is 9.87. The molecule has 6 rings (SSSR count). The number of carbonyl (C=O) groups excluding carboxylic acids is 1. The first kappa shape index (κ1) is 27.8. The zero-order chi connectivity index (χ0) is 29.6. The molecule has 1 heterocycles. The number of carbonyl (C=O) groups is 1. The Kier molecular flexibility index (Phi) is 7.18. The molecule has 0 atom stereocenters. The minimum absolute atomic E-state index is 0.0789. The van der Waals surface area contributed by atoms with E-state index in [1.807, 2.05) is 6.92 Å². The van der Waals surface area contributed by atoms with Crippen molar-refractivity contribution in [3.63, 3.8) is 0 Å². The number of halogens is 2. The van der Waals surface area contributed by atoms with E-state index in [0.717, 1.165) is 24.8 Å². The van der Waals surface area contributed by atoms with Crippen molar-refractivity contribution in [1.82, 2.24) is 9.78 Å². The van der Waals surface area contributed by atoms with Crippen LogP contribution in [0.15, 0.2) is 66.4 Å². The third kappa shape index (κ3) is 5.46. The van der Waals surface area contributed by atoms with E-state index in [0.29, 0.717) is 28.1 Å². The van der Waals surface area contributed by atoms with Crippen molar-refractivity contribution in [2.45, 2.75) is 38.4 Å². The summed E-state index contributed by atoms with van der Waals surface area (Å²) in [6.45, 7) is 1.82. The van der Waals surface area contributed by atoms with E-state index < -0.39 is 21.5 Å². The van der Waals surface area contributed by atoms with E-state index in [1.54, 1.807) is 42.5 Å². The number of sulfone groups is 1. The number of aryl methyl sites for hydroxylation is 1. The Bertz CT molecular complexity index is 1860. The molecule has 0 spiro atoms. The van der Waals surface area contributed by atoms with Gasteiger partial charge in [0, 0.05) is 17.6 Å². The molecular formula is C32H29F2N3O4S. The highest BCUT2D eigenvalue weighted by atomic mass is 32.2. The van der Waals surface area contributed by atoms with Crippen LogP contribution >= 0.6 is 0 Å². The molecule has 0 saturated heterocycles. The molecule has 4 aromatic rings. The number of benzene rings is 3. The summed E-state index contributed by atoms with van der Waals surface area (Å²) in [5.41, 5.74) is 9.71. The van der Waals surface area contributed by atoms with Gasteiger partial charge in [0.1, 0.15) is 17.4 Å². The molecule has 2 aliphatic carbocycles. The molecule has 2 aliphatic rings. The van der Waals surface area contributed by atoms with Crippen LogP contribution in [0.2, 0.25) is 0 Å². The highest BCUT2D eigenvalue weighted by molar-refractivity contribution is 7.90. The van der Waals surface area contributed by atoms with Crippen molar-refractivity contribution in [2.24, 2.45) is 5.92 Å². The molecule has 216 valence electrons. The molecule has 7 nitrogen and oxygen atoms in total. The number of nitrogen functional groups attached to an aromatic ring is 1. The van der Waals surface area contributed by atoms with Gasteiger partial charge in [-0.3, -0.25) is 4.79 Å². The first-order valence-corrected chi connectivity index (χ1v) is 15.5. The van der Waals surface area contributed by atoms with Crippen LogP contribution in [0.1, 0.15) is 51.9 Å². The van der Waals surface area contributed by atoms with Gasteiger partial charge in [0.05, 0.1) is 29.0 Å². The van der Waals surface area contributed by atoms with Crippen LogP contribution in [-0.4, -0.2) is 29.7 Å². The van der Waals surface area contributed by atoms with Crippen molar-refractivity contribution >= 4 is 27.5 Å². The molecule has 2 N–H and O–H groups in total. The fourth-order valence-corrected chi connectivity index (χ4v) is 7.33. The number of hydrogen-bond acceptors (Lipinski definition) is 6. The second kappa shape index (κ2) is 10.8. The summed E-state index contributed by atoms with van der Waals surface area (Å²) in [7, 11) is -3.44. The number of ketones is 1. The monoisotopic (exact) mass is 589 g/mol. The molecule has 0 radical (unpaired) electrons. The fraction of sp³-hybridized carbons (Fsp3) is 0.250. The maximum Gasteiger partial charge on any atom is 0.194 e. The number of anilines is 1. The van der Waals surface area contributed by atoms with Crippen LogP contribution in [0.3, 0.4) is 0 Å². The molecule has 1 saturated carbocycles. The minimum Gasteiger partial charge on any atom is -0.454 e. The van der Waals surface area contributed by atoms with E-state index in [9.17, 15) is 22.0 Å². The number of para-hydroxylation sites is 1. The standard InChI is InChI=1S/C32H29F2N3O4S/c1-19-11-25(41-30-8-3-2-7-27(30)33)9-10-29(19)37-32(35)26(16-36-37)31(38)23-12-21-14-24(28(34)15-22(21)13-23)18-42(39,40)17-20-5-4-6-20/h2-3,7-11,13-16,20H,4-6,12,17-18,35H2,1H3. The van der Waals surface area contributed by atoms with Crippen molar-refractivity contribution in [3.8, 4) is 17.2 Å². The van der Waals surface area contributed by atoms with Gasteiger partial charge in [-0.15, -0.1) is 0 Å². The van der Waals surface area contributed by atoms with Gasteiger partial charge in [-0.2, -0.15) is 5.10 Å². The zero-order valence-corrected chi connectivity index (χ0v) is 23.8. The topological polar surface area (TPSA) is 104 Å². The largest absolute Gasteiger partial charge is 0.454 e. The number of hydrogen-bond donors (Lipinski definition) is 1. The van der Waals surface area contributed by atoms with E-state index >= 15 is 0 Å². The van der Waals surface area contributed by atoms with Crippen molar-refractivity contribution in [1.29, 1.82) is 0 Å². The van der Waals surface area contributed by atoms with Crippen LogP contribution in [-0.2, 0) is 22.0 Å². The minimum atomic E-state index is -3.44. The van der Waals surface area contributed by atoms with E-state index in [-0.39, 0.29) is 52.3 Å². The summed E-state index contributed by atoms with van der Waals surface area (Å²) >= 11 is 0. The normalized spacial score (nSPS) is 14.8. The van der Waals surface area contributed by atoms with E-state index in [2.05, 4.69) is 5.10 Å². The Labute approximate surface area is 242 Å². The Morgan fingerprint density at radius 2 is 1.88 bits per heavy atom. The highest BCUT2D eigenvalue weighted by Gasteiger charge is 2.28. The lowest BCUT2D eigenvalue weighted by molar-refractivity contribution is 0.103. The number of ether oxygens (including phenoxy) is 1. The zero-order valence-electron chi connectivity index (χ0n) is 22.9. The molecule has 0 bridgehead atoms. The first-order chi connectivity index (χ1) is 20.1.